The number of aliphatic hydroxyl groups is 1. The van der Waals surface area contributed by atoms with Gasteiger partial charge in [0.25, 0.3) is 0 Å². The Morgan fingerprint density at radius 2 is 2.06 bits per heavy atom. The van der Waals surface area contributed by atoms with Crippen molar-refractivity contribution in [1.29, 1.82) is 0 Å². The molecule has 0 aliphatic heterocycles. The maximum atomic E-state index is 10.2. The molecular weight excluding hydrogens is 257 g/mol. The third-order valence-corrected chi connectivity index (χ3v) is 4.27. The van der Waals surface area contributed by atoms with E-state index in [1.165, 1.54) is 17.8 Å². The molecule has 0 bridgehead atoms. The second-order valence-corrected chi connectivity index (χ2v) is 5.58. The predicted octanol–water partition coefficient (Wildman–Crippen LogP) is 1.08. The third kappa shape index (κ3) is 4.87. The summed E-state index contributed by atoms with van der Waals surface area (Å²) in [5, 5.41) is 14.8. The van der Waals surface area contributed by atoms with Crippen molar-refractivity contribution in [3.63, 3.8) is 0 Å². The Balaban J connectivity index is 0.000000512. The largest absolute Gasteiger partial charge is 1.00 e. The molecule has 0 saturated heterocycles. The van der Waals surface area contributed by atoms with Gasteiger partial charge < -0.3 is 12.0 Å². The van der Waals surface area contributed by atoms with Gasteiger partial charge >= 0.3 is 18.9 Å². The van der Waals surface area contributed by atoms with Crippen molar-refractivity contribution in [2.24, 2.45) is 0 Å². The fourth-order valence-corrected chi connectivity index (χ4v) is 2.69. The van der Waals surface area contributed by atoms with Crippen molar-refractivity contribution in [2.75, 3.05) is 0 Å². The SMILES string of the molecule is CC(O)(c1cccs1)c1nccs1.[CH2-]CCC.[Li+]. The molecule has 2 aromatic heterocycles. The normalized spacial score (nSPS) is 12.9. The summed E-state index contributed by atoms with van der Waals surface area (Å²) in [6.07, 6.45) is 3.99. The van der Waals surface area contributed by atoms with Crippen LogP contribution in [0.4, 0.5) is 0 Å². The van der Waals surface area contributed by atoms with Gasteiger partial charge in [-0.15, -0.1) is 22.7 Å². The second kappa shape index (κ2) is 8.90. The standard InChI is InChI=1S/C9H9NOS2.C4H9.Li/c1-9(11,7-3-2-5-12-7)8-10-4-6-13-8;1-3-4-2;/h2-6,11H,1H3;1,3-4H2,2H3;/q;-1;+1. The molecule has 2 aromatic rings. The number of nitrogens with zero attached hydrogens (tertiary/aromatic N) is 1. The molecule has 94 valence electrons. The van der Waals surface area contributed by atoms with Gasteiger partial charge in [0.1, 0.15) is 10.6 Å². The van der Waals surface area contributed by atoms with Crippen LogP contribution in [0, 0.1) is 6.92 Å². The van der Waals surface area contributed by atoms with E-state index in [2.05, 4.69) is 18.8 Å². The first-order valence-electron chi connectivity index (χ1n) is 5.58. The number of thiophene rings is 1. The molecule has 0 spiro atoms. The summed E-state index contributed by atoms with van der Waals surface area (Å²) in [7, 11) is 0. The smallest absolute Gasteiger partial charge is 0.377 e. The quantitative estimate of drug-likeness (QED) is 0.672. The first-order chi connectivity index (χ1) is 8.12. The van der Waals surface area contributed by atoms with Crippen molar-refractivity contribution >= 4 is 22.7 Å². The molecule has 5 heteroatoms. The van der Waals surface area contributed by atoms with Crippen LogP contribution < -0.4 is 18.9 Å². The van der Waals surface area contributed by atoms with Gasteiger partial charge in [-0.1, -0.05) is 19.4 Å². The van der Waals surface area contributed by atoms with Crippen LogP contribution in [0.15, 0.2) is 29.1 Å². The summed E-state index contributed by atoms with van der Waals surface area (Å²) < 4.78 is 0. The van der Waals surface area contributed by atoms with Crippen LogP contribution >= 0.6 is 22.7 Å². The van der Waals surface area contributed by atoms with E-state index in [4.69, 9.17) is 0 Å². The van der Waals surface area contributed by atoms with Gasteiger partial charge in [0.2, 0.25) is 0 Å². The molecule has 18 heavy (non-hydrogen) atoms. The van der Waals surface area contributed by atoms with Gasteiger partial charge in [-0.25, -0.2) is 4.98 Å². The Labute approximate surface area is 129 Å². The van der Waals surface area contributed by atoms with E-state index in [0.717, 1.165) is 16.3 Å². The van der Waals surface area contributed by atoms with Crippen LogP contribution in [-0.2, 0) is 5.60 Å². The zero-order valence-corrected chi connectivity index (χ0v) is 12.9. The average Bonchev–Trinajstić information content (AvgIpc) is 3.01. The minimum atomic E-state index is -0.928. The van der Waals surface area contributed by atoms with E-state index < -0.39 is 5.60 Å². The molecule has 0 amide bonds. The summed E-state index contributed by atoms with van der Waals surface area (Å²) in [5.74, 6) is 0. The molecule has 1 N–H and O–H groups in total. The molecule has 1 atom stereocenters. The van der Waals surface area contributed by atoms with Crippen molar-refractivity contribution in [1.82, 2.24) is 4.98 Å². The van der Waals surface area contributed by atoms with E-state index in [-0.39, 0.29) is 18.9 Å². The van der Waals surface area contributed by atoms with Gasteiger partial charge in [0.05, 0.1) is 0 Å². The van der Waals surface area contributed by atoms with Crippen LogP contribution in [0.2, 0.25) is 0 Å². The fourth-order valence-electron chi connectivity index (χ4n) is 1.12. The summed E-state index contributed by atoms with van der Waals surface area (Å²) in [5.41, 5.74) is -0.928. The Morgan fingerprint density at radius 1 is 1.39 bits per heavy atom. The molecule has 0 aliphatic carbocycles. The Hall–Kier alpha value is -0.113. The van der Waals surface area contributed by atoms with Crippen LogP contribution in [0.5, 0.6) is 0 Å². The monoisotopic (exact) mass is 275 g/mol. The third-order valence-electron chi connectivity index (χ3n) is 2.20. The van der Waals surface area contributed by atoms with Crippen molar-refractivity contribution < 1.29 is 24.0 Å². The molecule has 2 nitrogen and oxygen atoms in total. The van der Waals surface area contributed by atoms with E-state index in [1.54, 1.807) is 24.5 Å². The zero-order valence-electron chi connectivity index (χ0n) is 11.2. The van der Waals surface area contributed by atoms with E-state index in [0.29, 0.717) is 0 Å². The summed E-state index contributed by atoms with van der Waals surface area (Å²) >= 11 is 3.02. The van der Waals surface area contributed by atoms with E-state index in [1.807, 2.05) is 22.9 Å². The summed E-state index contributed by atoms with van der Waals surface area (Å²) in [6.45, 7) is 7.50. The number of aromatic nitrogens is 1. The Kier molecular flexibility index (Phi) is 8.84. The molecule has 2 heterocycles. The van der Waals surface area contributed by atoms with Crippen LogP contribution in [0.3, 0.4) is 0 Å². The van der Waals surface area contributed by atoms with Crippen LogP contribution in [-0.4, -0.2) is 10.1 Å². The van der Waals surface area contributed by atoms with Gasteiger partial charge in [-0.3, -0.25) is 0 Å². The van der Waals surface area contributed by atoms with E-state index in [9.17, 15) is 5.11 Å². The average molecular weight is 275 g/mol. The molecule has 0 saturated carbocycles. The maximum Gasteiger partial charge on any atom is 1.00 e. The second-order valence-electron chi connectivity index (χ2n) is 3.74. The fraction of sp³-hybridized carbons (Fsp3) is 0.385. The van der Waals surface area contributed by atoms with Gasteiger partial charge in [-0.05, 0) is 18.4 Å². The van der Waals surface area contributed by atoms with Crippen molar-refractivity contribution in [3.8, 4) is 0 Å². The zero-order chi connectivity index (χ0) is 12.7. The maximum absolute atomic E-state index is 10.2. The summed E-state index contributed by atoms with van der Waals surface area (Å²) in [6, 6.07) is 3.86. The Morgan fingerprint density at radius 3 is 2.44 bits per heavy atom. The number of hydrogen-bond acceptors (Lipinski definition) is 4. The van der Waals surface area contributed by atoms with Crippen molar-refractivity contribution in [3.05, 3.63) is 45.9 Å². The van der Waals surface area contributed by atoms with E-state index >= 15 is 0 Å². The number of thiazole rings is 1. The van der Waals surface area contributed by atoms with Gasteiger partial charge in [0.15, 0.2) is 0 Å². The minimum absolute atomic E-state index is 0. The molecule has 1 unspecified atom stereocenters. The van der Waals surface area contributed by atoms with Crippen LogP contribution in [0.25, 0.3) is 0 Å². The topological polar surface area (TPSA) is 33.1 Å². The van der Waals surface area contributed by atoms with Gasteiger partial charge in [-0.2, -0.15) is 6.42 Å². The predicted molar refractivity (Wildman–Crippen MR) is 75.4 cm³/mol. The first kappa shape index (κ1) is 17.9. The number of unbranched alkanes of at least 4 members (excludes halogenated alkanes) is 1. The molecule has 2 rings (SSSR count). The molecular formula is C13H18LiNOS2. The Bertz CT molecular complexity index is 360. The minimum Gasteiger partial charge on any atom is -0.377 e. The molecule has 0 aromatic carbocycles. The van der Waals surface area contributed by atoms with Crippen LogP contribution in [0.1, 0.15) is 36.6 Å². The molecule has 0 aliphatic rings. The first-order valence-corrected chi connectivity index (χ1v) is 7.34. The number of rotatable bonds is 3. The van der Waals surface area contributed by atoms with Gasteiger partial charge in [0, 0.05) is 16.5 Å². The molecule has 0 fully saturated rings. The summed E-state index contributed by atoms with van der Waals surface area (Å²) in [4.78, 5) is 5.05. The number of hydrogen-bond donors (Lipinski definition) is 1. The molecule has 0 radical (unpaired) electrons. The van der Waals surface area contributed by atoms with Crippen molar-refractivity contribution in [2.45, 2.75) is 32.3 Å².